The van der Waals surface area contributed by atoms with E-state index in [0.717, 1.165) is 0 Å². The van der Waals surface area contributed by atoms with Gasteiger partial charge in [-0.1, -0.05) is 6.42 Å². The fourth-order valence-electron chi connectivity index (χ4n) is 0.0323. The number of nitrogens with zero attached hydrogens (tertiary/aromatic N) is 1. The molecule has 0 spiro atoms. The van der Waals surface area contributed by atoms with Crippen LogP contribution < -0.4 is 34.9 Å². The van der Waals surface area contributed by atoms with Crippen molar-refractivity contribution in [3.8, 4) is 18.7 Å². The third-order valence-corrected chi connectivity index (χ3v) is 0.128. The van der Waals surface area contributed by atoms with E-state index in [-0.39, 0.29) is 31.0 Å². The minimum Gasteiger partial charge on any atom is -1.00 e. The first-order valence-electron chi connectivity index (χ1n) is 1.01. The van der Waals surface area contributed by atoms with Crippen LogP contribution in [0.25, 0.3) is 0 Å². The molecule has 0 heterocycles. The van der Waals surface area contributed by atoms with Gasteiger partial charge in [0.15, 0.2) is 6.19 Å². The molecule has 0 bridgehead atoms. The van der Waals surface area contributed by atoms with E-state index in [9.17, 15) is 0 Å². The number of terminal acetylenes is 1. The minimum atomic E-state index is 0. The molecule has 0 rings (SSSR count). The Morgan fingerprint density at radius 1 is 1.83 bits per heavy atom. The fourth-order valence-corrected chi connectivity index (χ4v) is 0.0323. The predicted molar refractivity (Wildman–Crippen MR) is 18.7 cm³/mol. The molecule has 0 fully saturated rings. The van der Waals surface area contributed by atoms with Crippen LogP contribution in [-0.2, 0) is 0 Å². The average Bonchev–Trinajstić information content (AvgIpc) is 1.41. The van der Waals surface area contributed by atoms with Crippen LogP contribution in [0.1, 0.15) is 1.43 Å². The van der Waals surface area contributed by atoms with Crippen molar-refractivity contribution in [3.05, 3.63) is 0 Å². The first-order chi connectivity index (χ1) is 2.41. The van der Waals surface area contributed by atoms with E-state index in [1.807, 2.05) is 11.4 Å². The van der Waals surface area contributed by atoms with Gasteiger partial charge in [0.05, 0.1) is 0 Å². The van der Waals surface area contributed by atoms with E-state index in [4.69, 9.17) is 5.26 Å². The first kappa shape index (κ1) is 9.28. The van der Waals surface area contributed by atoms with Gasteiger partial charge in [-0.25, -0.2) is 0 Å². The van der Waals surface area contributed by atoms with Gasteiger partial charge in [-0.05, 0) is 0 Å². The maximum Gasteiger partial charge on any atom is 1.00 e. The molecule has 0 aromatic heterocycles. The summed E-state index contributed by atoms with van der Waals surface area (Å²) >= 11 is 0. The summed E-state index contributed by atoms with van der Waals surface area (Å²) in [6.45, 7) is 0. The van der Waals surface area contributed by atoms with Gasteiger partial charge in [-0.15, -0.1) is 0 Å². The van der Waals surface area contributed by atoms with E-state index >= 15 is 0 Å². The van der Waals surface area contributed by atoms with Crippen LogP contribution in [-0.4, -0.2) is 0 Å². The largest absolute Gasteiger partial charge is 1.00 e. The monoisotopic (exact) mass is 90.0 g/mol. The molecule has 0 saturated heterocycles. The number of hydrogen-bond donors (Lipinski definition) is 1. The third-order valence-electron chi connectivity index (χ3n) is 0.128. The van der Waals surface area contributed by atoms with E-state index < -0.39 is 0 Å². The molecule has 26 valence electrons. The molecular formula is C3H3N2Na. The fraction of sp³-hybridized carbons (Fsp3) is 0. The van der Waals surface area contributed by atoms with Gasteiger partial charge in [0.2, 0.25) is 0 Å². The standard InChI is InChI=1S/C3H2N2.Na.H/c1-2-5-3-4;;/h1,5H;;/q;+1;-1. The molecule has 0 aliphatic heterocycles. The molecule has 0 aliphatic rings. The van der Waals surface area contributed by atoms with E-state index in [0.29, 0.717) is 0 Å². The second kappa shape index (κ2) is 8.85. The number of hydrogen-bond acceptors (Lipinski definition) is 2. The van der Waals surface area contributed by atoms with Gasteiger partial charge in [-0.2, -0.15) is 5.26 Å². The van der Waals surface area contributed by atoms with Crippen LogP contribution in [0.3, 0.4) is 0 Å². The van der Waals surface area contributed by atoms with Crippen molar-refractivity contribution < 1.29 is 31.0 Å². The Morgan fingerprint density at radius 2 is 2.33 bits per heavy atom. The molecule has 0 aromatic rings. The maximum absolute atomic E-state index is 7.56. The summed E-state index contributed by atoms with van der Waals surface area (Å²) in [7, 11) is 0. The van der Waals surface area contributed by atoms with Crippen molar-refractivity contribution in [1.82, 2.24) is 5.32 Å². The van der Waals surface area contributed by atoms with Crippen LogP contribution in [0, 0.1) is 23.9 Å². The van der Waals surface area contributed by atoms with Crippen LogP contribution >= 0.6 is 0 Å². The Kier molecular flexibility index (Phi) is 13.7. The molecule has 0 amide bonds. The summed E-state index contributed by atoms with van der Waals surface area (Å²) < 4.78 is 0. The van der Waals surface area contributed by atoms with Gasteiger partial charge >= 0.3 is 29.6 Å². The molecule has 1 N–H and O–H groups in total. The van der Waals surface area contributed by atoms with Crippen molar-refractivity contribution in [2.24, 2.45) is 0 Å². The molecule has 0 atom stereocenters. The normalized spacial score (nSPS) is 3.00. The van der Waals surface area contributed by atoms with Crippen molar-refractivity contribution in [2.75, 3.05) is 0 Å². The summed E-state index contributed by atoms with van der Waals surface area (Å²) in [6.07, 6.45) is 6.09. The average molecular weight is 90.1 g/mol. The Labute approximate surface area is 60.3 Å². The molecule has 0 radical (unpaired) electrons. The van der Waals surface area contributed by atoms with Crippen molar-refractivity contribution >= 4 is 0 Å². The molecular weight excluding hydrogens is 87.0 g/mol. The second-order valence-electron chi connectivity index (χ2n) is 0.381. The van der Waals surface area contributed by atoms with Gasteiger partial charge in [0.25, 0.3) is 0 Å². The molecule has 0 aliphatic carbocycles. The number of nitriles is 1. The van der Waals surface area contributed by atoms with Crippen LogP contribution in [0.2, 0.25) is 0 Å². The SMILES string of the molecule is C#CNC#N.[H-].[Na+]. The quantitative estimate of drug-likeness (QED) is 0.147. The maximum atomic E-state index is 7.56. The summed E-state index contributed by atoms with van der Waals surface area (Å²) in [5, 5.41) is 9.51. The van der Waals surface area contributed by atoms with Crippen LogP contribution in [0.4, 0.5) is 0 Å². The Morgan fingerprint density at radius 3 is 2.33 bits per heavy atom. The Hall–Kier alpha value is -0.150. The molecule has 6 heavy (non-hydrogen) atoms. The van der Waals surface area contributed by atoms with Crippen LogP contribution in [0.5, 0.6) is 0 Å². The Balaban J connectivity index is -0.0000000800. The zero-order chi connectivity index (χ0) is 4.12. The molecule has 3 heteroatoms. The van der Waals surface area contributed by atoms with Gasteiger partial charge in [0, 0.05) is 6.04 Å². The number of nitrogens with one attached hydrogen (secondary N) is 1. The number of rotatable bonds is 0. The van der Waals surface area contributed by atoms with Gasteiger partial charge in [0.1, 0.15) is 0 Å². The van der Waals surface area contributed by atoms with Gasteiger partial charge in [-0.3, -0.25) is 5.32 Å². The topological polar surface area (TPSA) is 35.8 Å². The molecule has 2 nitrogen and oxygen atoms in total. The first-order valence-corrected chi connectivity index (χ1v) is 1.01. The van der Waals surface area contributed by atoms with E-state index in [1.165, 1.54) is 6.19 Å². The third kappa shape index (κ3) is 9.14. The van der Waals surface area contributed by atoms with Crippen molar-refractivity contribution in [3.63, 3.8) is 0 Å². The zero-order valence-electron chi connectivity index (χ0n) is 4.52. The Bertz CT molecular complexity index is 78.1. The summed E-state index contributed by atoms with van der Waals surface area (Å²) in [5.74, 6) is 0. The summed E-state index contributed by atoms with van der Waals surface area (Å²) in [4.78, 5) is 0. The molecule has 0 saturated carbocycles. The van der Waals surface area contributed by atoms with Crippen molar-refractivity contribution in [2.45, 2.75) is 0 Å². The van der Waals surface area contributed by atoms with Gasteiger partial charge < -0.3 is 1.43 Å². The molecule has 0 aromatic carbocycles. The van der Waals surface area contributed by atoms with Crippen molar-refractivity contribution in [1.29, 1.82) is 5.26 Å². The smallest absolute Gasteiger partial charge is 1.00 e. The van der Waals surface area contributed by atoms with E-state index in [2.05, 4.69) is 6.42 Å². The minimum absolute atomic E-state index is 0. The zero-order valence-corrected chi connectivity index (χ0v) is 5.52. The second-order valence-corrected chi connectivity index (χ2v) is 0.381. The van der Waals surface area contributed by atoms with Crippen LogP contribution in [0.15, 0.2) is 0 Å². The molecule has 0 unspecified atom stereocenters. The summed E-state index contributed by atoms with van der Waals surface area (Å²) in [5.41, 5.74) is 0. The van der Waals surface area contributed by atoms with E-state index in [1.54, 1.807) is 0 Å². The predicted octanol–water partition coefficient (Wildman–Crippen LogP) is -3.24. The summed E-state index contributed by atoms with van der Waals surface area (Å²) in [6, 6.07) is 1.91.